The molecular weight excluding hydrogens is 242 g/mol. The van der Waals surface area contributed by atoms with Crippen LogP contribution in [0.2, 0.25) is 0 Å². The van der Waals surface area contributed by atoms with Crippen molar-refractivity contribution >= 4 is 18.3 Å². The van der Waals surface area contributed by atoms with E-state index in [2.05, 4.69) is 15.5 Å². The predicted octanol–water partition coefficient (Wildman–Crippen LogP) is -0.144. The van der Waals surface area contributed by atoms with Gasteiger partial charge in [-0.05, 0) is 13.0 Å². The average molecular weight is 266 g/mol. The van der Waals surface area contributed by atoms with Gasteiger partial charge in [-0.1, -0.05) is 0 Å². The van der Waals surface area contributed by atoms with E-state index in [-0.39, 0.29) is 18.3 Å². The molecule has 0 aliphatic carbocycles. The first-order valence-corrected chi connectivity index (χ1v) is 6.01. The average Bonchev–Trinajstić information content (AvgIpc) is 2.33. The number of methoxy groups -OCH3 is 1. The Hall–Kier alpha value is -0.360. The number of rotatable bonds is 7. The van der Waals surface area contributed by atoms with Gasteiger partial charge in [0.05, 0.1) is 6.61 Å². The number of nitrogens with zero attached hydrogens (tertiary/aromatic N) is 1. The fourth-order valence-electron chi connectivity index (χ4n) is 1.75. The quantitative estimate of drug-likeness (QED) is 0.629. The number of piperazine rings is 1. The predicted molar refractivity (Wildman–Crippen MR) is 70.7 cm³/mol. The topological polar surface area (TPSA) is 53.6 Å². The van der Waals surface area contributed by atoms with Crippen molar-refractivity contribution in [3.8, 4) is 0 Å². The van der Waals surface area contributed by atoms with Crippen molar-refractivity contribution in [2.75, 3.05) is 53.0 Å². The van der Waals surface area contributed by atoms with E-state index in [0.717, 1.165) is 45.7 Å². The highest BCUT2D eigenvalue weighted by Gasteiger charge is 2.08. The Bertz CT molecular complexity index is 199. The van der Waals surface area contributed by atoms with Gasteiger partial charge in [0, 0.05) is 46.3 Å². The molecule has 1 heterocycles. The Morgan fingerprint density at radius 3 is 2.76 bits per heavy atom. The molecule has 1 fully saturated rings. The molecule has 1 rings (SSSR count). The molecule has 0 aromatic heterocycles. The Labute approximate surface area is 110 Å². The second-order valence-corrected chi connectivity index (χ2v) is 4.04. The smallest absolute Gasteiger partial charge is 0.222 e. The molecule has 0 unspecified atom stereocenters. The first-order valence-electron chi connectivity index (χ1n) is 6.01. The van der Waals surface area contributed by atoms with Gasteiger partial charge in [-0.3, -0.25) is 4.79 Å². The maximum absolute atomic E-state index is 11.2. The van der Waals surface area contributed by atoms with Gasteiger partial charge in [-0.2, -0.15) is 0 Å². The Morgan fingerprint density at radius 1 is 1.41 bits per heavy atom. The van der Waals surface area contributed by atoms with E-state index < -0.39 is 0 Å². The number of ether oxygens (including phenoxy) is 1. The van der Waals surface area contributed by atoms with Gasteiger partial charge >= 0.3 is 0 Å². The number of hydrogen-bond donors (Lipinski definition) is 2. The van der Waals surface area contributed by atoms with Crippen molar-refractivity contribution in [2.24, 2.45) is 0 Å². The zero-order valence-corrected chi connectivity index (χ0v) is 11.4. The van der Waals surface area contributed by atoms with Gasteiger partial charge in [0.15, 0.2) is 0 Å². The van der Waals surface area contributed by atoms with Crippen LogP contribution in [0.1, 0.15) is 12.8 Å². The van der Waals surface area contributed by atoms with Gasteiger partial charge in [0.2, 0.25) is 5.91 Å². The summed E-state index contributed by atoms with van der Waals surface area (Å²) in [6.07, 6.45) is 1.49. The second-order valence-electron chi connectivity index (χ2n) is 4.04. The molecule has 1 amide bonds. The van der Waals surface area contributed by atoms with Crippen LogP contribution in [0.4, 0.5) is 0 Å². The molecule has 6 heteroatoms. The highest BCUT2D eigenvalue weighted by atomic mass is 35.5. The van der Waals surface area contributed by atoms with E-state index in [1.165, 1.54) is 0 Å². The van der Waals surface area contributed by atoms with Gasteiger partial charge in [-0.15, -0.1) is 12.4 Å². The Morgan fingerprint density at radius 2 is 2.12 bits per heavy atom. The van der Waals surface area contributed by atoms with Gasteiger partial charge in [0.1, 0.15) is 0 Å². The fourth-order valence-corrected chi connectivity index (χ4v) is 1.75. The summed E-state index contributed by atoms with van der Waals surface area (Å²) in [5, 5.41) is 6.22. The Balaban J connectivity index is 0.00000256. The number of amides is 1. The minimum absolute atomic E-state index is 0. The molecule has 0 aromatic rings. The summed E-state index contributed by atoms with van der Waals surface area (Å²) in [5.41, 5.74) is 0. The first-order chi connectivity index (χ1) is 7.83. The summed E-state index contributed by atoms with van der Waals surface area (Å²) in [6, 6.07) is 0. The number of halogens is 1. The lowest BCUT2D eigenvalue weighted by Crippen LogP contribution is -2.44. The molecule has 0 aromatic carbocycles. The van der Waals surface area contributed by atoms with Crippen molar-refractivity contribution in [3.63, 3.8) is 0 Å². The molecule has 0 radical (unpaired) electrons. The molecule has 102 valence electrons. The summed E-state index contributed by atoms with van der Waals surface area (Å²) < 4.78 is 4.84. The third-order valence-corrected chi connectivity index (χ3v) is 2.72. The summed E-state index contributed by atoms with van der Waals surface area (Å²) in [4.78, 5) is 13.7. The molecule has 5 nitrogen and oxygen atoms in total. The number of carbonyl (C=O) groups excluding carboxylic acids is 1. The second kappa shape index (κ2) is 10.8. The summed E-state index contributed by atoms with van der Waals surface area (Å²) >= 11 is 0. The Kier molecular flexibility index (Phi) is 10.5. The minimum atomic E-state index is 0. The summed E-state index contributed by atoms with van der Waals surface area (Å²) in [5.74, 6) is 0.0853. The lowest BCUT2D eigenvalue weighted by atomic mass is 10.3. The van der Waals surface area contributed by atoms with Crippen LogP contribution in [-0.2, 0) is 9.53 Å². The SMILES string of the molecule is COCCC(=O)NCCCN1CCNCC1.Cl. The van der Waals surface area contributed by atoms with Crippen molar-refractivity contribution in [1.82, 2.24) is 15.5 Å². The van der Waals surface area contributed by atoms with E-state index in [1.807, 2.05) is 0 Å². The van der Waals surface area contributed by atoms with E-state index in [0.29, 0.717) is 13.0 Å². The van der Waals surface area contributed by atoms with Crippen LogP contribution < -0.4 is 10.6 Å². The zero-order valence-electron chi connectivity index (χ0n) is 10.5. The van der Waals surface area contributed by atoms with E-state index >= 15 is 0 Å². The van der Waals surface area contributed by atoms with E-state index in [9.17, 15) is 4.79 Å². The van der Waals surface area contributed by atoms with Crippen LogP contribution >= 0.6 is 12.4 Å². The van der Waals surface area contributed by atoms with Crippen molar-refractivity contribution in [1.29, 1.82) is 0 Å². The van der Waals surface area contributed by atoms with Crippen molar-refractivity contribution in [2.45, 2.75) is 12.8 Å². The number of carbonyl (C=O) groups is 1. The van der Waals surface area contributed by atoms with Crippen LogP contribution in [0.3, 0.4) is 0 Å². The van der Waals surface area contributed by atoms with Gasteiger partial charge in [-0.25, -0.2) is 0 Å². The molecule has 0 spiro atoms. The molecule has 1 aliphatic rings. The first kappa shape index (κ1) is 16.6. The molecule has 0 atom stereocenters. The van der Waals surface area contributed by atoms with E-state index in [4.69, 9.17) is 4.74 Å². The van der Waals surface area contributed by atoms with Crippen LogP contribution in [0, 0.1) is 0 Å². The zero-order chi connectivity index (χ0) is 11.6. The fraction of sp³-hybridized carbons (Fsp3) is 0.909. The van der Waals surface area contributed by atoms with Crippen LogP contribution in [0.5, 0.6) is 0 Å². The van der Waals surface area contributed by atoms with Gasteiger partial charge in [0.25, 0.3) is 0 Å². The molecule has 0 saturated carbocycles. The van der Waals surface area contributed by atoms with Gasteiger partial charge < -0.3 is 20.3 Å². The normalized spacial score (nSPS) is 16.3. The maximum Gasteiger partial charge on any atom is 0.222 e. The number of hydrogen-bond acceptors (Lipinski definition) is 4. The molecule has 2 N–H and O–H groups in total. The molecule has 0 bridgehead atoms. The highest BCUT2D eigenvalue weighted by Crippen LogP contribution is 1.93. The molecule has 1 saturated heterocycles. The third-order valence-electron chi connectivity index (χ3n) is 2.72. The van der Waals surface area contributed by atoms with Crippen molar-refractivity contribution in [3.05, 3.63) is 0 Å². The summed E-state index contributed by atoms with van der Waals surface area (Å²) in [7, 11) is 1.61. The minimum Gasteiger partial charge on any atom is -0.384 e. The lowest BCUT2D eigenvalue weighted by molar-refractivity contribution is -0.121. The molecule has 17 heavy (non-hydrogen) atoms. The standard InChI is InChI=1S/C11H23N3O2.ClH/c1-16-10-3-11(15)13-4-2-7-14-8-5-12-6-9-14;/h12H,2-10H2,1H3,(H,13,15);1H. The van der Waals surface area contributed by atoms with E-state index in [1.54, 1.807) is 7.11 Å². The maximum atomic E-state index is 11.2. The van der Waals surface area contributed by atoms with Crippen LogP contribution in [0.15, 0.2) is 0 Å². The highest BCUT2D eigenvalue weighted by molar-refractivity contribution is 5.85. The van der Waals surface area contributed by atoms with Crippen LogP contribution in [0.25, 0.3) is 0 Å². The largest absolute Gasteiger partial charge is 0.384 e. The lowest BCUT2D eigenvalue weighted by Gasteiger charge is -2.27. The third kappa shape index (κ3) is 8.37. The van der Waals surface area contributed by atoms with Crippen molar-refractivity contribution < 1.29 is 9.53 Å². The monoisotopic (exact) mass is 265 g/mol. The van der Waals surface area contributed by atoms with Crippen LogP contribution in [-0.4, -0.2) is 63.8 Å². The number of nitrogens with one attached hydrogen (secondary N) is 2. The molecular formula is C11H24ClN3O2. The summed E-state index contributed by atoms with van der Waals surface area (Å²) in [6.45, 7) is 6.76. The molecule has 1 aliphatic heterocycles.